The molecule has 1 aliphatic heterocycles. The number of methoxy groups -OCH3 is 1. The van der Waals surface area contributed by atoms with Crippen molar-refractivity contribution < 1.29 is 9.53 Å². The van der Waals surface area contributed by atoms with Crippen molar-refractivity contribution in [2.75, 3.05) is 31.3 Å². The topological polar surface area (TPSA) is 58.8 Å². The Bertz CT molecular complexity index is 536. The first kappa shape index (κ1) is 15.9. The van der Waals surface area contributed by atoms with Gasteiger partial charge in [0, 0.05) is 13.0 Å². The molecule has 116 valence electrons. The van der Waals surface area contributed by atoms with E-state index in [1.54, 1.807) is 31.1 Å². The van der Waals surface area contributed by atoms with Crippen LogP contribution in [0.2, 0.25) is 5.02 Å². The second-order valence-corrected chi connectivity index (χ2v) is 5.80. The minimum Gasteiger partial charge on any atom is -0.494 e. The summed E-state index contributed by atoms with van der Waals surface area (Å²) in [6, 6.07) is 3.37. The van der Waals surface area contributed by atoms with E-state index in [9.17, 15) is 4.79 Å². The maximum absolute atomic E-state index is 12.2. The Hall–Kier alpha value is -1.46. The van der Waals surface area contributed by atoms with Crippen molar-refractivity contribution in [3.05, 3.63) is 17.2 Å². The summed E-state index contributed by atoms with van der Waals surface area (Å²) in [5.74, 6) is 0.527. The molecule has 0 radical (unpaired) electrons. The van der Waals surface area contributed by atoms with E-state index >= 15 is 0 Å². The number of piperidine rings is 1. The molecule has 21 heavy (non-hydrogen) atoms. The van der Waals surface area contributed by atoms with E-state index in [0.29, 0.717) is 22.1 Å². The van der Waals surface area contributed by atoms with Gasteiger partial charge in [-0.25, -0.2) is 0 Å². The number of carbonyl (C=O) groups excluding carboxylic acids is 1. The Morgan fingerprint density at radius 1 is 1.48 bits per heavy atom. The van der Waals surface area contributed by atoms with E-state index in [1.165, 1.54) is 0 Å². The van der Waals surface area contributed by atoms with Gasteiger partial charge >= 0.3 is 0 Å². The third-order valence-corrected chi connectivity index (χ3v) is 4.25. The summed E-state index contributed by atoms with van der Waals surface area (Å²) in [4.78, 5) is 16.2. The predicted molar refractivity (Wildman–Crippen MR) is 85.8 cm³/mol. The molecular weight excluding hydrogens is 290 g/mol. The van der Waals surface area contributed by atoms with E-state index in [4.69, 9.17) is 22.1 Å². The largest absolute Gasteiger partial charge is 0.494 e. The highest BCUT2D eigenvalue weighted by Crippen LogP contribution is 2.38. The zero-order valence-corrected chi connectivity index (χ0v) is 13.5. The second kappa shape index (κ2) is 6.54. The number of ether oxygens (including phenoxy) is 1. The van der Waals surface area contributed by atoms with Gasteiger partial charge in [0.1, 0.15) is 5.75 Å². The summed E-state index contributed by atoms with van der Waals surface area (Å²) in [5.41, 5.74) is 6.93. The molecule has 1 saturated heterocycles. The standard InChI is InChI=1S/C15H22ClN3O2/c1-10(20)19(15-6-4-5-7-18(15)2)13-8-11(16)12(17)9-14(13)21-3/h8-9,15H,4-7,17H2,1-3H3. The molecule has 0 aliphatic carbocycles. The van der Waals surface area contributed by atoms with E-state index in [0.717, 1.165) is 25.8 Å². The lowest BCUT2D eigenvalue weighted by molar-refractivity contribution is -0.118. The molecule has 0 bridgehead atoms. The van der Waals surface area contributed by atoms with Gasteiger partial charge in [-0.05, 0) is 38.9 Å². The second-order valence-electron chi connectivity index (χ2n) is 5.39. The minimum atomic E-state index is -0.0344. The number of carbonyl (C=O) groups is 1. The van der Waals surface area contributed by atoms with E-state index in [2.05, 4.69) is 4.90 Å². The van der Waals surface area contributed by atoms with Crippen molar-refractivity contribution in [3.63, 3.8) is 0 Å². The summed E-state index contributed by atoms with van der Waals surface area (Å²) < 4.78 is 5.39. The van der Waals surface area contributed by atoms with Gasteiger partial charge in [0.25, 0.3) is 0 Å². The Labute approximate surface area is 130 Å². The van der Waals surface area contributed by atoms with Gasteiger partial charge < -0.3 is 10.5 Å². The van der Waals surface area contributed by atoms with Gasteiger partial charge in [-0.3, -0.25) is 14.6 Å². The molecule has 0 saturated carbocycles. The van der Waals surface area contributed by atoms with Gasteiger partial charge in [0.05, 0.1) is 29.7 Å². The molecule has 1 aromatic rings. The monoisotopic (exact) mass is 311 g/mol. The van der Waals surface area contributed by atoms with Crippen LogP contribution in [-0.4, -0.2) is 37.7 Å². The van der Waals surface area contributed by atoms with Gasteiger partial charge in [-0.1, -0.05) is 11.6 Å². The third-order valence-electron chi connectivity index (χ3n) is 3.93. The Kier molecular flexibility index (Phi) is 4.96. The number of amides is 1. The van der Waals surface area contributed by atoms with Crippen molar-refractivity contribution in [2.45, 2.75) is 32.4 Å². The molecule has 0 spiro atoms. The molecule has 0 aromatic heterocycles. The number of rotatable bonds is 3. The average Bonchev–Trinajstić information content (AvgIpc) is 2.44. The summed E-state index contributed by atoms with van der Waals surface area (Å²) >= 11 is 6.13. The average molecular weight is 312 g/mol. The highest BCUT2D eigenvalue weighted by atomic mass is 35.5. The van der Waals surface area contributed by atoms with Crippen LogP contribution >= 0.6 is 11.6 Å². The van der Waals surface area contributed by atoms with Crippen LogP contribution in [0.4, 0.5) is 11.4 Å². The van der Waals surface area contributed by atoms with Crippen LogP contribution in [0.5, 0.6) is 5.75 Å². The maximum Gasteiger partial charge on any atom is 0.225 e. The number of anilines is 2. The van der Waals surface area contributed by atoms with E-state index in [1.807, 2.05) is 7.05 Å². The first-order valence-corrected chi connectivity index (χ1v) is 7.46. The van der Waals surface area contributed by atoms with Crippen molar-refractivity contribution in [1.82, 2.24) is 4.90 Å². The van der Waals surface area contributed by atoms with Gasteiger partial charge in [-0.15, -0.1) is 0 Å². The van der Waals surface area contributed by atoms with Crippen molar-refractivity contribution >= 4 is 28.9 Å². The SMILES string of the molecule is COc1cc(N)c(Cl)cc1N(C(C)=O)C1CCCCN1C. The number of hydrogen-bond acceptors (Lipinski definition) is 4. The Morgan fingerprint density at radius 3 is 2.76 bits per heavy atom. The number of likely N-dealkylation sites (tertiary alicyclic amines) is 1. The molecular formula is C15H22ClN3O2. The van der Waals surface area contributed by atoms with Crippen LogP contribution < -0.4 is 15.4 Å². The number of benzene rings is 1. The maximum atomic E-state index is 12.2. The van der Waals surface area contributed by atoms with Crippen LogP contribution in [0.1, 0.15) is 26.2 Å². The third kappa shape index (κ3) is 3.24. The fraction of sp³-hybridized carbons (Fsp3) is 0.533. The van der Waals surface area contributed by atoms with Crippen LogP contribution in [0.25, 0.3) is 0 Å². The molecule has 2 N–H and O–H groups in total. The smallest absolute Gasteiger partial charge is 0.225 e. The summed E-state index contributed by atoms with van der Waals surface area (Å²) in [6.45, 7) is 2.53. The quantitative estimate of drug-likeness (QED) is 0.872. The van der Waals surface area contributed by atoms with E-state index < -0.39 is 0 Å². The van der Waals surface area contributed by atoms with Crippen LogP contribution in [0.3, 0.4) is 0 Å². The van der Waals surface area contributed by atoms with Gasteiger partial charge in [0.2, 0.25) is 5.91 Å². The predicted octanol–water partition coefficient (Wildman–Crippen LogP) is 2.73. The normalized spacial score (nSPS) is 19.3. The molecule has 1 amide bonds. The van der Waals surface area contributed by atoms with Gasteiger partial charge in [-0.2, -0.15) is 0 Å². The van der Waals surface area contributed by atoms with Crippen LogP contribution in [-0.2, 0) is 4.79 Å². The number of nitrogens with zero attached hydrogens (tertiary/aromatic N) is 2. The lowest BCUT2D eigenvalue weighted by atomic mass is 10.1. The summed E-state index contributed by atoms with van der Waals surface area (Å²) in [5, 5.41) is 0.426. The molecule has 1 heterocycles. The number of nitrogens with two attached hydrogens (primary N) is 1. The summed E-state index contributed by atoms with van der Waals surface area (Å²) in [7, 11) is 3.60. The molecule has 1 fully saturated rings. The van der Waals surface area contributed by atoms with Crippen molar-refractivity contribution in [1.29, 1.82) is 0 Å². The lowest BCUT2D eigenvalue weighted by Gasteiger charge is -2.40. The first-order valence-electron chi connectivity index (χ1n) is 7.08. The number of nitrogen functional groups attached to an aromatic ring is 1. The first-order chi connectivity index (χ1) is 9.95. The number of hydrogen-bond donors (Lipinski definition) is 1. The zero-order chi connectivity index (χ0) is 15.6. The van der Waals surface area contributed by atoms with Crippen molar-refractivity contribution in [2.24, 2.45) is 0 Å². The van der Waals surface area contributed by atoms with E-state index in [-0.39, 0.29) is 12.1 Å². The summed E-state index contributed by atoms with van der Waals surface area (Å²) in [6.07, 6.45) is 3.20. The lowest BCUT2D eigenvalue weighted by Crippen LogP contribution is -2.51. The van der Waals surface area contributed by atoms with Crippen molar-refractivity contribution in [3.8, 4) is 5.75 Å². The van der Waals surface area contributed by atoms with Crippen LogP contribution in [0, 0.1) is 0 Å². The van der Waals surface area contributed by atoms with Crippen LogP contribution in [0.15, 0.2) is 12.1 Å². The fourth-order valence-electron chi connectivity index (χ4n) is 2.83. The van der Waals surface area contributed by atoms with Gasteiger partial charge in [0.15, 0.2) is 0 Å². The molecule has 1 aromatic carbocycles. The molecule has 2 rings (SSSR count). The Balaban J connectivity index is 2.47. The zero-order valence-electron chi connectivity index (χ0n) is 12.7. The highest BCUT2D eigenvalue weighted by Gasteiger charge is 2.30. The molecule has 5 nitrogen and oxygen atoms in total. The Morgan fingerprint density at radius 2 is 2.19 bits per heavy atom. The minimum absolute atomic E-state index is 0.0184. The molecule has 1 unspecified atom stereocenters. The number of halogens is 1. The molecule has 1 atom stereocenters. The highest BCUT2D eigenvalue weighted by molar-refractivity contribution is 6.33. The fourth-order valence-corrected chi connectivity index (χ4v) is 2.99. The molecule has 6 heteroatoms. The molecule has 1 aliphatic rings.